The summed E-state index contributed by atoms with van der Waals surface area (Å²) in [6.45, 7) is 4.35. The van der Waals surface area contributed by atoms with Gasteiger partial charge in [-0.15, -0.1) is 0 Å². The number of aryl methyl sites for hydroxylation is 1. The molecule has 110 valence electrons. The molecule has 1 aromatic heterocycles. The monoisotopic (exact) mass is 397 g/mol. The molecule has 0 atom stereocenters. The summed E-state index contributed by atoms with van der Waals surface area (Å²) in [5, 5.41) is 2.80. The van der Waals surface area contributed by atoms with Crippen molar-refractivity contribution in [2.75, 3.05) is 6.54 Å². The molecule has 0 spiro atoms. The number of hydrogen-bond donors (Lipinski definition) is 1. The molecule has 0 radical (unpaired) electrons. The molecule has 5 nitrogen and oxygen atoms in total. The van der Waals surface area contributed by atoms with Gasteiger partial charge in [0.1, 0.15) is 0 Å². The van der Waals surface area contributed by atoms with Gasteiger partial charge in [-0.25, -0.2) is 4.98 Å². The second-order valence-corrected chi connectivity index (χ2v) is 5.96. The maximum absolute atomic E-state index is 12.0. The molecule has 0 fully saturated rings. The largest absolute Gasteiger partial charge is 0.350 e. The first-order chi connectivity index (χ1) is 9.99. The summed E-state index contributed by atoms with van der Waals surface area (Å²) in [7, 11) is 0. The lowest BCUT2D eigenvalue weighted by molar-refractivity contribution is 0.0952. The molecule has 21 heavy (non-hydrogen) atoms. The van der Waals surface area contributed by atoms with Gasteiger partial charge >= 0.3 is 0 Å². The van der Waals surface area contributed by atoms with Crippen LogP contribution in [0.2, 0.25) is 0 Å². The van der Waals surface area contributed by atoms with Gasteiger partial charge in [0.15, 0.2) is 0 Å². The molecule has 0 bridgehead atoms. The van der Waals surface area contributed by atoms with Crippen LogP contribution < -0.4 is 10.9 Å². The van der Waals surface area contributed by atoms with Crippen LogP contribution in [-0.4, -0.2) is 22.0 Å². The Bertz CT molecular complexity index is 708. The topological polar surface area (TPSA) is 64.0 Å². The minimum absolute atomic E-state index is 0.0639. The zero-order valence-electron chi connectivity index (χ0n) is 11.9. The Morgan fingerprint density at radius 3 is 2.62 bits per heavy atom. The van der Waals surface area contributed by atoms with Gasteiger partial charge in [0.2, 0.25) is 0 Å². The first kappa shape index (κ1) is 15.7. The number of carbonyl (C=O) groups excluding carboxylic acids is 1. The number of benzene rings is 1. The lowest BCUT2D eigenvalue weighted by Gasteiger charge is -2.09. The first-order valence-corrected chi connectivity index (χ1v) is 7.63. The molecule has 0 unspecified atom stereocenters. The Morgan fingerprint density at radius 1 is 1.29 bits per heavy atom. The number of hydrogen-bond acceptors (Lipinski definition) is 3. The fourth-order valence-corrected chi connectivity index (χ4v) is 2.19. The van der Waals surface area contributed by atoms with Gasteiger partial charge in [0.25, 0.3) is 11.5 Å². The van der Waals surface area contributed by atoms with Gasteiger partial charge < -0.3 is 5.32 Å². The number of nitrogens with one attached hydrogen (secondary N) is 1. The minimum atomic E-state index is -0.142. The highest BCUT2D eigenvalue weighted by molar-refractivity contribution is 14.1. The average molecular weight is 397 g/mol. The molecule has 2 rings (SSSR count). The highest BCUT2D eigenvalue weighted by atomic mass is 127. The van der Waals surface area contributed by atoms with Crippen molar-refractivity contribution in [3.05, 3.63) is 61.3 Å². The zero-order valence-corrected chi connectivity index (χ0v) is 14.0. The van der Waals surface area contributed by atoms with E-state index >= 15 is 0 Å². The van der Waals surface area contributed by atoms with Crippen molar-refractivity contribution in [3.63, 3.8) is 0 Å². The molecule has 1 amide bonds. The number of aromatic nitrogens is 2. The molecule has 2 aromatic rings. The Morgan fingerprint density at radius 2 is 1.95 bits per heavy atom. The van der Waals surface area contributed by atoms with E-state index in [1.165, 1.54) is 10.9 Å². The number of rotatable bonds is 4. The summed E-state index contributed by atoms with van der Waals surface area (Å²) < 4.78 is 2.59. The van der Waals surface area contributed by atoms with E-state index in [1.807, 2.05) is 12.1 Å². The normalized spacial score (nSPS) is 10.4. The molecule has 1 aromatic carbocycles. The maximum atomic E-state index is 12.0. The van der Waals surface area contributed by atoms with Gasteiger partial charge in [-0.1, -0.05) is 0 Å². The summed E-state index contributed by atoms with van der Waals surface area (Å²) in [4.78, 5) is 28.1. The fourth-order valence-electron chi connectivity index (χ4n) is 1.83. The number of amides is 1. The van der Waals surface area contributed by atoms with Crippen molar-refractivity contribution in [1.29, 1.82) is 0 Å². The van der Waals surface area contributed by atoms with Crippen molar-refractivity contribution in [2.45, 2.75) is 20.4 Å². The third-order valence-corrected chi connectivity index (χ3v) is 3.98. The zero-order chi connectivity index (χ0) is 15.4. The van der Waals surface area contributed by atoms with Gasteiger partial charge in [-0.2, -0.15) is 0 Å². The molecule has 1 N–H and O–H groups in total. The number of carbonyl (C=O) groups is 1. The highest BCUT2D eigenvalue weighted by Crippen LogP contribution is 2.06. The Labute approximate surface area is 136 Å². The predicted octanol–water partition coefficient (Wildman–Crippen LogP) is 1.89. The summed E-state index contributed by atoms with van der Waals surface area (Å²) in [6, 6.07) is 7.32. The molecule has 0 aliphatic rings. The smallest absolute Gasteiger partial charge is 0.256 e. The lowest BCUT2D eigenvalue weighted by atomic mass is 10.2. The van der Waals surface area contributed by atoms with Crippen LogP contribution in [0.1, 0.15) is 21.6 Å². The van der Waals surface area contributed by atoms with E-state index in [4.69, 9.17) is 0 Å². The summed E-state index contributed by atoms with van der Waals surface area (Å²) >= 11 is 2.19. The molecule has 0 aliphatic heterocycles. The van der Waals surface area contributed by atoms with Crippen LogP contribution in [0.3, 0.4) is 0 Å². The van der Waals surface area contributed by atoms with E-state index in [1.54, 1.807) is 26.0 Å². The Balaban J connectivity index is 1.96. The molecule has 6 heteroatoms. The van der Waals surface area contributed by atoms with Crippen molar-refractivity contribution < 1.29 is 4.79 Å². The number of nitrogens with zero attached hydrogens (tertiary/aromatic N) is 2. The van der Waals surface area contributed by atoms with E-state index < -0.39 is 0 Å². The standard InChI is InChI=1S/C15H16IN3O2/c1-10-11(2)18-9-19(15(10)21)8-7-17-14(20)12-3-5-13(16)6-4-12/h3-6,9H,7-8H2,1-2H3,(H,17,20). The van der Waals surface area contributed by atoms with Crippen LogP contribution in [0.15, 0.2) is 35.4 Å². The van der Waals surface area contributed by atoms with E-state index in [0.717, 1.165) is 9.26 Å². The molecular formula is C15H16IN3O2. The second-order valence-electron chi connectivity index (χ2n) is 4.72. The number of halogens is 1. The molecule has 0 aliphatic carbocycles. The van der Waals surface area contributed by atoms with Crippen LogP contribution in [0, 0.1) is 17.4 Å². The van der Waals surface area contributed by atoms with Gasteiger partial charge in [-0.05, 0) is 60.7 Å². The molecule has 1 heterocycles. The predicted molar refractivity (Wildman–Crippen MR) is 89.5 cm³/mol. The van der Waals surface area contributed by atoms with E-state index in [0.29, 0.717) is 24.2 Å². The summed E-state index contributed by atoms with van der Waals surface area (Å²) in [5.41, 5.74) is 1.92. The Hall–Kier alpha value is -1.70. The van der Waals surface area contributed by atoms with Gasteiger partial charge in [-0.3, -0.25) is 14.2 Å². The maximum Gasteiger partial charge on any atom is 0.256 e. The van der Waals surface area contributed by atoms with Crippen LogP contribution >= 0.6 is 22.6 Å². The fraction of sp³-hybridized carbons (Fsp3) is 0.267. The van der Waals surface area contributed by atoms with Gasteiger partial charge in [0, 0.05) is 33.5 Å². The van der Waals surface area contributed by atoms with Gasteiger partial charge in [0.05, 0.1) is 6.33 Å². The van der Waals surface area contributed by atoms with Crippen LogP contribution in [0.25, 0.3) is 0 Å². The van der Waals surface area contributed by atoms with E-state index in [2.05, 4.69) is 32.9 Å². The molecule has 0 saturated carbocycles. The molecule has 0 saturated heterocycles. The SMILES string of the molecule is Cc1ncn(CCNC(=O)c2ccc(I)cc2)c(=O)c1C. The van der Waals surface area contributed by atoms with Crippen molar-refractivity contribution in [2.24, 2.45) is 0 Å². The summed E-state index contributed by atoms with van der Waals surface area (Å²) in [6.07, 6.45) is 1.52. The lowest BCUT2D eigenvalue weighted by Crippen LogP contribution is -2.32. The Kier molecular flexibility index (Phi) is 5.11. The minimum Gasteiger partial charge on any atom is -0.350 e. The quantitative estimate of drug-likeness (QED) is 0.802. The highest BCUT2D eigenvalue weighted by Gasteiger charge is 2.06. The summed E-state index contributed by atoms with van der Waals surface area (Å²) in [5.74, 6) is -0.142. The van der Waals surface area contributed by atoms with Crippen molar-refractivity contribution in [3.8, 4) is 0 Å². The first-order valence-electron chi connectivity index (χ1n) is 6.55. The average Bonchev–Trinajstić information content (AvgIpc) is 2.48. The molecular weight excluding hydrogens is 381 g/mol. The van der Waals surface area contributed by atoms with E-state index in [-0.39, 0.29) is 11.5 Å². The van der Waals surface area contributed by atoms with Crippen LogP contribution in [0.5, 0.6) is 0 Å². The second kappa shape index (κ2) is 6.84. The van der Waals surface area contributed by atoms with Crippen molar-refractivity contribution in [1.82, 2.24) is 14.9 Å². The third kappa shape index (κ3) is 3.90. The van der Waals surface area contributed by atoms with Crippen LogP contribution in [-0.2, 0) is 6.54 Å². The van der Waals surface area contributed by atoms with Crippen LogP contribution in [0.4, 0.5) is 0 Å². The van der Waals surface area contributed by atoms with E-state index in [9.17, 15) is 9.59 Å². The third-order valence-electron chi connectivity index (χ3n) is 3.26. The van der Waals surface area contributed by atoms with Crippen molar-refractivity contribution >= 4 is 28.5 Å².